The maximum Gasteiger partial charge on any atom is 0.358 e. The first-order chi connectivity index (χ1) is 14.2. The van der Waals surface area contributed by atoms with E-state index in [2.05, 4.69) is 22.2 Å². The molecule has 0 aliphatic carbocycles. The molecule has 0 fully saturated rings. The third-order valence-electron chi connectivity index (χ3n) is 3.97. The van der Waals surface area contributed by atoms with Gasteiger partial charge >= 0.3 is 5.97 Å². The maximum absolute atomic E-state index is 12.3. The van der Waals surface area contributed by atoms with Gasteiger partial charge in [-0.3, -0.25) is 4.79 Å². The zero-order valence-electron chi connectivity index (χ0n) is 15.8. The normalized spacial score (nSPS) is 10.2. The van der Waals surface area contributed by atoms with Crippen LogP contribution in [-0.2, 0) is 16.0 Å². The predicted molar refractivity (Wildman–Crippen MR) is 115 cm³/mol. The van der Waals surface area contributed by atoms with E-state index in [0.29, 0.717) is 23.8 Å². The summed E-state index contributed by atoms with van der Waals surface area (Å²) in [5, 5.41) is 7.99. The van der Waals surface area contributed by atoms with Crippen LogP contribution in [0.5, 0.6) is 0 Å². The van der Waals surface area contributed by atoms with Crippen LogP contribution in [0.25, 0.3) is 0 Å². The largest absolute Gasteiger partial charge is 0.451 e. The summed E-state index contributed by atoms with van der Waals surface area (Å²) in [4.78, 5) is 28.5. The zero-order valence-corrected chi connectivity index (χ0v) is 16.6. The summed E-state index contributed by atoms with van der Waals surface area (Å²) >= 11 is 1.29. The van der Waals surface area contributed by atoms with Crippen molar-refractivity contribution in [2.24, 2.45) is 0 Å². The number of aromatic nitrogens is 1. The van der Waals surface area contributed by atoms with E-state index in [1.54, 1.807) is 11.5 Å². The molecule has 1 heterocycles. The van der Waals surface area contributed by atoms with Crippen LogP contribution in [0.2, 0.25) is 0 Å². The minimum absolute atomic E-state index is 0.166. The number of carbonyl (C=O) groups excluding carboxylic acids is 2. The second kappa shape index (κ2) is 10.2. The fourth-order valence-electron chi connectivity index (χ4n) is 2.61. The molecule has 0 aliphatic rings. The third-order valence-corrected chi connectivity index (χ3v) is 4.77. The Balaban J connectivity index is 1.55. The third kappa shape index (κ3) is 6.02. The molecule has 1 aromatic heterocycles. The molecule has 3 rings (SSSR count). The Kier molecular flexibility index (Phi) is 7.13. The Morgan fingerprint density at radius 3 is 2.66 bits per heavy atom. The molecular weight excluding hydrogens is 386 g/mol. The number of nitrogens with zero attached hydrogens (tertiary/aromatic N) is 1. The Hall–Kier alpha value is -3.45. The number of hydrogen-bond acceptors (Lipinski definition) is 6. The van der Waals surface area contributed by atoms with Crippen LogP contribution >= 0.6 is 11.3 Å². The van der Waals surface area contributed by atoms with Gasteiger partial charge in [-0.15, -0.1) is 17.9 Å². The van der Waals surface area contributed by atoms with E-state index in [4.69, 9.17) is 4.74 Å². The summed E-state index contributed by atoms with van der Waals surface area (Å²) in [7, 11) is 0. The Morgan fingerprint density at radius 1 is 1.10 bits per heavy atom. The highest BCUT2D eigenvalue weighted by molar-refractivity contribution is 7.13. The molecule has 0 aliphatic heterocycles. The van der Waals surface area contributed by atoms with Crippen molar-refractivity contribution in [3.05, 3.63) is 89.5 Å². The van der Waals surface area contributed by atoms with E-state index in [1.165, 1.54) is 11.3 Å². The second-order valence-electron chi connectivity index (χ2n) is 6.15. The van der Waals surface area contributed by atoms with E-state index in [9.17, 15) is 9.59 Å². The summed E-state index contributed by atoms with van der Waals surface area (Å²) in [6.45, 7) is 3.77. The Bertz CT molecular complexity index is 986. The number of rotatable bonds is 9. The van der Waals surface area contributed by atoms with Gasteiger partial charge in [-0.1, -0.05) is 54.6 Å². The number of carbonyl (C=O) groups is 2. The molecule has 29 heavy (non-hydrogen) atoms. The van der Waals surface area contributed by atoms with Crippen molar-refractivity contribution in [1.82, 2.24) is 4.98 Å². The first-order valence-corrected chi connectivity index (χ1v) is 9.93. The lowest BCUT2D eigenvalue weighted by Gasteiger charge is -2.11. The fourth-order valence-corrected chi connectivity index (χ4v) is 3.30. The molecule has 0 saturated carbocycles. The predicted octanol–water partition coefficient (Wildman–Crippen LogP) is 4.13. The van der Waals surface area contributed by atoms with Gasteiger partial charge in [0.1, 0.15) is 0 Å². The summed E-state index contributed by atoms with van der Waals surface area (Å²) in [6.07, 6.45) is 2.38. The molecule has 1 amide bonds. The second-order valence-corrected chi connectivity index (χ2v) is 7.01. The minimum Gasteiger partial charge on any atom is -0.451 e. The van der Waals surface area contributed by atoms with Gasteiger partial charge in [-0.2, -0.15) is 0 Å². The number of benzene rings is 2. The summed E-state index contributed by atoms with van der Waals surface area (Å²) in [5.41, 5.74) is 2.99. The lowest BCUT2D eigenvalue weighted by atomic mass is 10.0. The minimum atomic E-state index is -0.638. The van der Waals surface area contributed by atoms with Gasteiger partial charge in [0.05, 0.1) is 0 Å². The first kappa shape index (κ1) is 20.3. The number of ether oxygens (including phenoxy) is 1. The van der Waals surface area contributed by atoms with Gasteiger partial charge in [0, 0.05) is 17.6 Å². The van der Waals surface area contributed by atoms with Crippen molar-refractivity contribution in [2.45, 2.75) is 6.42 Å². The number of nitrogens with one attached hydrogen (secondary N) is 2. The number of hydrogen-bond donors (Lipinski definition) is 2. The summed E-state index contributed by atoms with van der Waals surface area (Å²) < 4.78 is 5.08. The van der Waals surface area contributed by atoms with E-state index in [0.717, 1.165) is 11.1 Å². The lowest BCUT2D eigenvalue weighted by Crippen LogP contribution is -2.21. The average Bonchev–Trinajstić information content (AvgIpc) is 3.22. The van der Waals surface area contributed by atoms with Crippen LogP contribution in [0.3, 0.4) is 0 Å². The molecule has 0 spiro atoms. The number of amides is 1. The van der Waals surface area contributed by atoms with Crippen LogP contribution in [0, 0.1) is 0 Å². The van der Waals surface area contributed by atoms with Crippen LogP contribution in [0.15, 0.2) is 72.6 Å². The van der Waals surface area contributed by atoms with Gasteiger partial charge < -0.3 is 15.4 Å². The number of thiazole rings is 1. The highest BCUT2D eigenvalue weighted by Crippen LogP contribution is 2.19. The Morgan fingerprint density at radius 2 is 1.86 bits per heavy atom. The SMILES string of the molecule is C=CCNc1nc(C(=O)OCC(=O)Nc2ccccc2Cc2ccccc2)cs1. The van der Waals surface area contributed by atoms with E-state index < -0.39 is 11.9 Å². The zero-order chi connectivity index (χ0) is 20.5. The Labute approximate surface area is 173 Å². The number of anilines is 2. The quantitative estimate of drug-likeness (QED) is 0.412. The van der Waals surface area contributed by atoms with Crippen molar-refractivity contribution in [3.8, 4) is 0 Å². The van der Waals surface area contributed by atoms with Crippen LogP contribution in [0.1, 0.15) is 21.6 Å². The van der Waals surface area contributed by atoms with E-state index >= 15 is 0 Å². The molecule has 0 bridgehead atoms. The smallest absolute Gasteiger partial charge is 0.358 e. The molecule has 0 saturated heterocycles. The lowest BCUT2D eigenvalue weighted by molar-refractivity contribution is -0.119. The highest BCUT2D eigenvalue weighted by Gasteiger charge is 2.15. The van der Waals surface area contributed by atoms with Gasteiger partial charge in [0.15, 0.2) is 17.4 Å². The number of esters is 1. The van der Waals surface area contributed by atoms with Crippen molar-refractivity contribution in [2.75, 3.05) is 23.8 Å². The molecule has 3 aromatic rings. The van der Waals surface area contributed by atoms with Crippen LogP contribution in [-0.4, -0.2) is 30.0 Å². The summed E-state index contributed by atoms with van der Waals surface area (Å²) in [5.74, 6) is -1.04. The van der Waals surface area contributed by atoms with Gasteiger partial charge in [-0.25, -0.2) is 9.78 Å². The molecule has 2 N–H and O–H groups in total. The van der Waals surface area contributed by atoms with Gasteiger partial charge in [0.25, 0.3) is 5.91 Å². The standard InChI is InChI=1S/C22H21N3O3S/c1-2-12-23-22-25-19(15-29-22)21(27)28-14-20(26)24-18-11-7-6-10-17(18)13-16-8-4-3-5-9-16/h2-11,15H,1,12-14H2,(H,23,25)(H,24,26). The van der Waals surface area contributed by atoms with Crippen LogP contribution in [0.4, 0.5) is 10.8 Å². The van der Waals surface area contributed by atoms with E-state index in [-0.39, 0.29) is 12.3 Å². The topological polar surface area (TPSA) is 80.3 Å². The molecular formula is C22H21N3O3S. The van der Waals surface area contributed by atoms with Gasteiger partial charge in [-0.05, 0) is 23.6 Å². The van der Waals surface area contributed by atoms with Crippen molar-refractivity contribution in [1.29, 1.82) is 0 Å². The van der Waals surface area contributed by atoms with Crippen molar-refractivity contribution in [3.63, 3.8) is 0 Å². The molecule has 7 heteroatoms. The van der Waals surface area contributed by atoms with Crippen molar-refractivity contribution >= 4 is 34.0 Å². The van der Waals surface area contributed by atoms with Crippen molar-refractivity contribution < 1.29 is 14.3 Å². The van der Waals surface area contributed by atoms with E-state index in [1.807, 2.05) is 54.6 Å². The first-order valence-electron chi connectivity index (χ1n) is 9.05. The van der Waals surface area contributed by atoms with Gasteiger partial charge in [0.2, 0.25) is 0 Å². The summed E-state index contributed by atoms with van der Waals surface area (Å²) in [6, 6.07) is 17.6. The molecule has 0 unspecified atom stereocenters. The molecule has 6 nitrogen and oxygen atoms in total. The molecule has 148 valence electrons. The molecule has 0 atom stereocenters. The number of para-hydroxylation sites is 1. The molecule has 0 radical (unpaired) electrons. The monoisotopic (exact) mass is 407 g/mol. The average molecular weight is 407 g/mol. The fraction of sp³-hybridized carbons (Fsp3) is 0.136. The maximum atomic E-state index is 12.3. The molecule has 2 aromatic carbocycles. The van der Waals surface area contributed by atoms with Crippen LogP contribution < -0.4 is 10.6 Å². The highest BCUT2D eigenvalue weighted by atomic mass is 32.1.